The molecule has 0 aliphatic heterocycles. The van der Waals surface area contributed by atoms with E-state index >= 15 is 0 Å². The van der Waals surface area contributed by atoms with Crippen LogP contribution in [-0.4, -0.2) is 41.3 Å². The molecule has 32 heavy (non-hydrogen) atoms. The monoisotopic (exact) mass is 466 g/mol. The zero-order valence-corrected chi connectivity index (χ0v) is 22.3. The van der Waals surface area contributed by atoms with Crippen molar-refractivity contribution in [3.05, 3.63) is 12.2 Å². The van der Waals surface area contributed by atoms with Crippen molar-refractivity contribution < 1.29 is 64.0 Å². The minimum absolute atomic E-state index is 0. The molecule has 0 aromatic carbocycles. The van der Waals surface area contributed by atoms with E-state index < -0.39 is 24.5 Å². The Kier molecular flexibility index (Phi) is 33.6. The van der Waals surface area contributed by atoms with Gasteiger partial charge >= 0.3 is 41.5 Å². The fourth-order valence-corrected chi connectivity index (χ4v) is 3.01. The predicted molar refractivity (Wildman–Crippen MR) is 119 cm³/mol. The number of hydrogen-bond acceptors (Lipinski definition) is 6. The molecule has 0 saturated carbocycles. The van der Waals surface area contributed by atoms with Gasteiger partial charge in [-0.1, -0.05) is 103 Å². The van der Waals surface area contributed by atoms with Crippen LogP contribution in [0, 0.1) is 0 Å². The summed E-state index contributed by atoms with van der Waals surface area (Å²) >= 11 is 0. The Morgan fingerprint density at radius 2 is 1.06 bits per heavy atom. The first-order valence-corrected chi connectivity index (χ1v) is 11.8. The fourth-order valence-electron chi connectivity index (χ4n) is 3.01. The molecular weight excluding hydrogens is 423 g/mol. The van der Waals surface area contributed by atoms with Gasteiger partial charge in [0.25, 0.3) is 0 Å². The first kappa shape index (κ1) is 35.7. The van der Waals surface area contributed by atoms with E-state index in [1.54, 1.807) is 0 Å². The van der Waals surface area contributed by atoms with Gasteiger partial charge < -0.3 is 24.9 Å². The van der Waals surface area contributed by atoms with Gasteiger partial charge in [0.2, 0.25) is 0 Å². The number of carboxylic acid groups (broad SMARTS) is 2. The number of hydrogen-bond donors (Lipinski definition) is 2. The maximum absolute atomic E-state index is 11.1. The predicted octanol–water partition coefficient (Wildman–Crippen LogP) is 1.16. The summed E-state index contributed by atoms with van der Waals surface area (Å²) in [6.07, 6.45) is 22.4. The van der Waals surface area contributed by atoms with Crippen LogP contribution in [0.2, 0.25) is 0 Å². The number of carbonyl (C=O) groups is 3. The third-order valence-electron chi connectivity index (χ3n) is 4.73. The van der Waals surface area contributed by atoms with Gasteiger partial charge in [-0.3, -0.25) is 0 Å². The number of aliphatic hydroxyl groups is 1. The van der Waals surface area contributed by atoms with Gasteiger partial charge in [0.1, 0.15) is 6.61 Å². The Bertz CT molecular complexity index is 467. The summed E-state index contributed by atoms with van der Waals surface area (Å²) in [5, 5.41) is 25.1. The number of aliphatic hydroxyl groups excluding tert-OH is 1. The first-order valence-electron chi connectivity index (χ1n) is 11.8. The molecule has 0 aliphatic rings. The number of unbranched alkanes of at least 4 members (excludes halogenated alkanes) is 15. The zero-order valence-electron chi connectivity index (χ0n) is 20.3. The molecule has 0 saturated heterocycles. The molecule has 2 N–H and O–H groups in total. The molecule has 182 valence electrons. The van der Waals surface area contributed by atoms with Gasteiger partial charge in [-0.25, -0.2) is 9.59 Å². The van der Waals surface area contributed by atoms with Crippen LogP contribution in [0.5, 0.6) is 0 Å². The van der Waals surface area contributed by atoms with Crippen molar-refractivity contribution in [2.45, 2.75) is 110 Å². The van der Waals surface area contributed by atoms with Gasteiger partial charge in [0.05, 0.1) is 12.6 Å². The summed E-state index contributed by atoms with van der Waals surface area (Å²) in [4.78, 5) is 30.4. The SMILES string of the molecule is CCCCCCCCCCCCCCCCCCOC(=O)/C=C/C(=O)[O-].O=C(O)CO.[Na+]. The molecule has 0 spiro atoms. The Hall–Kier alpha value is -0.890. The van der Waals surface area contributed by atoms with Gasteiger partial charge in [-0.15, -0.1) is 0 Å². The first-order chi connectivity index (χ1) is 14.9. The average Bonchev–Trinajstić information content (AvgIpc) is 2.74. The van der Waals surface area contributed by atoms with Crippen LogP contribution in [0.15, 0.2) is 12.2 Å². The molecule has 0 aromatic heterocycles. The van der Waals surface area contributed by atoms with Crippen molar-refractivity contribution in [1.82, 2.24) is 0 Å². The molecule has 0 aromatic rings. The van der Waals surface area contributed by atoms with Crippen molar-refractivity contribution in [2.75, 3.05) is 13.2 Å². The van der Waals surface area contributed by atoms with Crippen LogP contribution in [0.3, 0.4) is 0 Å². The van der Waals surface area contributed by atoms with Gasteiger partial charge in [-0.05, 0) is 12.5 Å². The van der Waals surface area contributed by atoms with Gasteiger partial charge in [0, 0.05) is 6.08 Å². The second kappa shape index (κ2) is 30.1. The molecule has 0 unspecified atom stereocenters. The molecular formula is C24H43NaO7. The molecule has 0 rings (SSSR count). The number of esters is 1. The van der Waals surface area contributed by atoms with E-state index in [-0.39, 0.29) is 29.6 Å². The summed E-state index contributed by atoms with van der Waals surface area (Å²) < 4.78 is 4.89. The summed E-state index contributed by atoms with van der Waals surface area (Å²) in [6, 6.07) is 0. The van der Waals surface area contributed by atoms with E-state index in [1.165, 1.54) is 89.9 Å². The third kappa shape index (κ3) is 36.5. The number of carboxylic acids is 2. The standard InChI is InChI=1S/C22H40O4.C2H4O3.Na/c1-2-3-4-5-6-7-8-9-10-11-12-13-14-15-16-17-20-26-22(25)19-18-21(23)24;3-1-2(4)5;/h18-19H,2-17,20H2,1H3,(H,23,24);3H,1H2,(H,4,5);/q;;+1/p-1/b19-18+;;. The molecule has 0 aliphatic carbocycles. The fraction of sp³-hybridized carbons (Fsp3) is 0.792. The second-order valence-electron chi connectivity index (χ2n) is 7.68. The number of rotatable bonds is 20. The molecule has 0 bridgehead atoms. The summed E-state index contributed by atoms with van der Waals surface area (Å²) in [5.41, 5.74) is 0. The van der Waals surface area contributed by atoms with Crippen LogP contribution < -0.4 is 34.7 Å². The maximum atomic E-state index is 11.1. The minimum atomic E-state index is -1.38. The topological polar surface area (TPSA) is 124 Å². The minimum Gasteiger partial charge on any atom is -0.545 e. The van der Waals surface area contributed by atoms with Crippen LogP contribution in [0.1, 0.15) is 110 Å². The Labute approximate surface area is 216 Å². The molecule has 0 radical (unpaired) electrons. The quantitative estimate of drug-likeness (QED) is 0.119. The van der Waals surface area contributed by atoms with Crippen LogP contribution in [-0.2, 0) is 19.1 Å². The normalized spacial score (nSPS) is 10.2. The molecule has 0 atom stereocenters. The summed E-state index contributed by atoms with van der Waals surface area (Å²) in [5.74, 6) is -3.19. The van der Waals surface area contributed by atoms with Crippen molar-refractivity contribution in [2.24, 2.45) is 0 Å². The zero-order chi connectivity index (χ0) is 23.6. The summed E-state index contributed by atoms with van der Waals surface area (Å²) in [7, 11) is 0. The number of aliphatic carboxylic acids is 2. The molecule has 7 nitrogen and oxygen atoms in total. The Morgan fingerprint density at radius 3 is 1.38 bits per heavy atom. The molecule has 0 amide bonds. The van der Waals surface area contributed by atoms with E-state index in [0.29, 0.717) is 12.7 Å². The van der Waals surface area contributed by atoms with E-state index in [1.807, 2.05) is 0 Å². The van der Waals surface area contributed by atoms with Crippen LogP contribution >= 0.6 is 0 Å². The second-order valence-corrected chi connectivity index (χ2v) is 7.68. The summed E-state index contributed by atoms with van der Waals surface area (Å²) in [6.45, 7) is 1.84. The molecule has 8 heteroatoms. The van der Waals surface area contributed by atoms with Crippen molar-refractivity contribution in [1.29, 1.82) is 0 Å². The van der Waals surface area contributed by atoms with Crippen LogP contribution in [0.25, 0.3) is 0 Å². The van der Waals surface area contributed by atoms with Crippen molar-refractivity contribution in [3.8, 4) is 0 Å². The Balaban J connectivity index is -0.00000125. The molecule has 0 fully saturated rings. The maximum Gasteiger partial charge on any atom is 1.00 e. The average molecular weight is 467 g/mol. The van der Waals surface area contributed by atoms with Crippen molar-refractivity contribution in [3.63, 3.8) is 0 Å². The van der Waals surface area contributed by atoms with Gasteiger partial charge in [0.15, 0.2) is 0 Å². The number of ether oxygens (including phenoxy) is 1. The Morgan fingerprint density at radius 1 is 0.719 bits per heavy atom. The molecule has 0 heterocycles. The van der Waals surface area contributed by atoms with Crippen LogP contribution in [0.4, 0.5) is 0 Å². The van der Waals surface area contributed by atoms with Crippen molar-refractivity contribution >= 4 is 17.9 Å². The van der Waals surface area contributed by atoms with Gasteiger partial charge in [-0.2, -0.15) is 0 Å². The number of carbonyl (C=O) groups excluding carboxylic acids is 2. The van der Waals surface area contributed by atoms with E-state index in [9.17, 15) is 14.7 Å². The van der Waals surface area contributed by atoms with E-state index in [0.717, 1.165) is 18.9 Å². The smallest absolute Gasteiger partial charge is 0.545 e. The van der Waals surface area contributed by atoms with E-state index in [2.05, 4.69) is 6.92 Å². The largest absolute Gasteiger partial charge is 1.00 e. The third-order valence-corrected chi connectivity index (χ3v) is 4.73. The van der Waals surface area contributed by atoms with E-state index in [4.69, 9.17) is 19.7 Å².